The monoisotopic (exact) mass is 442 g/mol. The molecule has 0 spiro atoms. The summed E-state index contributed by atoms with van der Waals surface area (Å²) in [6, 6.07) is 11.9. The van der Waals surface area contributed by atoms with Crippen LogP contribution in [0.25, 0.3) is 28.2 Å². The number of hydrogen-bond acceptors (Lipinski definition) is 6. The van der Waals surface area contributed by atoms with Gasteiger partial charge in [0.25, 0.3) is 5.91 Å². The smallest absolute Gasteiger partial charge is 0.251 e. The zero-order valence-corrected chi connectivity index (χ0v) is 18.5. The van der Waals surface area contributed by atoms with Gasteiger partial charge in [-0.1, -0.05) is 12.1 Å². The molecule has 1 aliphatic rings. The minimum atomic E-state index is -0.0195. The van der Waals surface area contributed by atoms with Crippen molar-refractivity contribution in [3.05, 3.63) is 66.7 Å². The molecular formula is C25H26N6O2. The fourth-order valence-electron chi connectivity index (χ4n) is 3.69. The van der Waals surface area contributed by atoms with E-state index < -0.39 is 0 Å². The van der Waals surface area contributed by atoms with Crippen molar-refractivity contribution < 1.29 is 9.53 Å². The molecule has 33 heavy (non-hydrogen) atoms. The highest BCUT2D eigenvalue weighted by molar-refractivity contribution is 5.95. The Morgan fingerprint density at radius 3 is 2.64 bits per heavy atom. The first kappa shape index (κ1) is 21.1. The fraction of sp³-hybridized carbons (Fsp3) is 0.280. The molecule has 1 fully saturated rings. The van der Waals surface area contributed by atoms with Crippen LogP contribution in [0.5, 0.6) is 0 Å². The molecule has 3 aromatic heterocycles. The summed E-state index contributed by atoms with van der Waals surface area (Å²) in [6.45, 7) is 1.40. The number of ether oxygens (including phenoxy) is 1. The highest BCUT2D eigenvalue weighted by atomic mass is 16.5. The van der Waals surface area contributed by atoms with E-state index in [2.05, 4.69) is 20.6 Å². The van der Waals surface area contributed by atoms with Crippen molar-refractivity contribution in [1.82, 2.24) is 24.7 Å². The largest absolute Gasteiger partial charge is 0.385 e. The van der Waals surface area contributed by atoms with Gasteiger partial charge in [-0.05, 0) is 43.5 Å². The highest BCUT2D eigenvalue weighted by Gasteiger charge is 2.23. The average molecular weight is 443 g/mol. The number of carbonyl (C=O) groups is 1. The average Bonchev–Trinajstić information content (AvgIpc) is 3.57. The third-order valence-electron chi connectivity index (χ3n) is 5.64. The lowest BCUT2D eigenvalue weighted by Gasteiger charge is -2.11. The molecule has 0 saturated heterocycles. The molecule has 1 aromatic carbocycles. The van der Waals surface area contributed by atoms with Crippen molar-refractivity contribution in [3.63, 3.8) is 0 Å². The predicted octanol–water partition coefficient (Wildman–Crippen LogP) is 3.80. The Balaban J connectivity index is 1.50. The molecular weight excluding hydrogens is 416 g/mol. The van der Waals surface area contributed by atoms with E-state index in [0.29, 0.717) is 24.0 Å². The third-order valence-corrected chi connectivity index (χ3v) is 5.64. The Bertz CT molecular complexity index is 1250. The van der Waals surface area contributed by atoms with Gasteiger partial charge in [-0.15, -0.1) is 0 Å². The number of hydrogen-bond donors (Lipinski definition) is 2. The third kappa shape index (κ3) is 4.70. The van der Waals surface area contributed by atoms with Crippen LogP contribution in [0.1, 0.15) is 29.6 Å². The summed E-state index contributed by atoms with van der Waals surface area (Å²) >= 11 is 0. The summed E-state index contributed by atoms with van der Waals surface area (Å²) in [5, 5.41) is 6.43. The first-order valence-corrected chi connectivity index (χ1v) is 11.2. The Labute approximate surface area is 192 Å². The van der Waals surface area contributed by atoms with E-state index >= 15 is 0 Å². The number of pyridine rings is 1. The summed E-state index contributed by atoms with van der Waals surface area (Å²) in [5.74, 6) is 0.695. The number of methoxy groups -OCH3 is 1. The molecule has 0 aliphatic heterocycles. The maximum atomic E-state index is 12.3. The van der Waals surface area contributed by atoms with Gasteiger partial charge in [0.2, 0.25) is 0 Å². The van der Waals surface area contributed by atoms with Crippen molar-refractivity contribution in [2.24, 2.45) is 0 Å². The van der Waals surface area contributed by atoms with Crippen LogP contribution in [0.15, 0.2) is 61.2 Å². The van der Waals surface area contributed by atoms with Gasteiger partial charge in [-0.3, -0.25) is 14.2 Å². The standard InChI is InChI=1S/C25H26N6O2/c1-33-14-2-11-27-23-24-28-15-22(31(24)16-21(30-23)17-9-12-26-13-10-17)18-3-5-19(6-4-18)25(32)29-20-7-8-20/h3-6,9-10,12-13,15-16,20H,2,7-8,11,14H2,1H3,(H,27,30)(H,29,32). The van der Waals surface area contributed by atoms with E-state index in [1.165, 1.54) is 0 Å². The Morgan fingerprint density at radius 1 is 1.12 bits per heavy atom. The number of benzene rings is 1. The summed E-state index contributed by atoms with van der Waals surface area (Å²) in [4.78, 5) is 25.9. The van der Waals surface area contributed by atoms with Gasteiger partial charge in [0.15, 0.2) is 11.5 Å². The lowest BCUT2D eigenvalue weighted by molar-refractivity contribution is 0.0951. The maximum absolute atomic E-state index is 12.3. The number of amides is 1. The van der Waals surface area contributed by atoms with E-state index in [9.17, 15) is 4.79 Å². The molecule has 4 aromatic rings. The van der Waals surface area contributed by atoms with Crippen LogP contribution in [-0.4, -0.2) is 51.6 Å². The summed E-state index contributed by atoms with van der Waals surface area (Å²) in [6.07, 6.45) is 10.3. The second-order valence-corrected chi connectivity index (χ2v) is 8.15. The van der Waals surface area contributed by atoms with Gasteiger partial charge < -0.3 is 15.4 Å². The number of nitrogens with one attached hydrogen (secondary N) is 2. The van der Waals surface area contributed by atoms with E-state index in [-0.39, 0.29) is 5.91 Å². The molecule has 5 rings (SSSR count). The topological polar surface area (TPSA) is 93.4 Å². The molecule has 0 radical (unpaired) electrons. The van der Waals surface area contributed by atoms with E-state index in [0.717, 1.165) is 54.0 Å². The second kappa shape index (κ2) is 9.38. The normalized spacial score (nSPS) is 13.2. The molecule has 0 bridgehead atoms. The molecule has 0 atom stereocenters. The van der Waals surface area contributed by atoms with Crippen molar-refractivity contribution in [2.75, 3.05) is 25.6 Å². The van der Waals surface area contributed by atoms with Gasteiger partial charge in [0.05, 0.1) is 17.6 Å². The zero-order valence-electron chi connectivity index (χ0n) is 18.5. The Kier molecular flexibility index (Phi) is 5.99. The molecule has 8 heteroatoms. The number of aromatic nitrogens is 4. The van der Waals surface area contributed by atoms with Crippen molar-refractivity contribution in [3.8, 4) is 22.5 Å². The second-order valence-electron chi connectivity index (χ2n) is 8.15. The van der Waals surface area contributed by atoms with Crippen LogP contribution >= 0.6 is 0 Å². The first-order valence-electron chi connectivity index (χ1n) is 11.2. The molecule has 1 saturated carbocycles. The molecule has 2 N–H and O–H groups in total. The number of fused-ring (bicyclic) bond motifs is 1. The fourth-order valence-corrected chi connectivity index (χ4v) is 3.69. The number of imidazole rings is 1. The minimum absolute atomic E-state index is 0.0195. The molecule has 3 heterocycles. The van der Waals surface area contributed by atoms with Gasteiger partial charge >= 0.3 is 0 Å². The zero-order chi connectivity index (χ0) is 22.6. The van der Waals surface area contributed by atoms with Gasteiger partial charge in [0.1, 0.15) is 0 Å². The van der Waals surface area contributed by atoms with Crippen molar-refractivity contribution in [2.45, 2.75) is 25.3 Å². The van der Waals surface area contributed by atoms with E-state index in [1.807, 2.05) is 53.2 Å². The minimum Gasteiger partial charge on any atom is -0.385 e. The molecule has 1 aliphatic carbocycles. The first-order chi connectivity index (χ1) is 16.2. The van der Waals surface area contributed by atoms with Crippen molar-refractivity contribution >= 4 is 17.4 Å². The van der Waals surface area contributed by atoms with Crippen LogP contribution in [0.2, 0.25) is 0 Å². The number of anilines is 1. The molecule has 0 unspecified atom stereocenters. The lowest BCUT2D eigenvalue weighted by Crippen LogP contribution is -2.25. The van der Waals surface area contributed by atoms with E-state index in [1.54, 1.807) is 19.5 Å². The van der Waals surface area contributed by atoms with Crippen LogP contribution in [0.3, 0.4) is 0 Å². The highest BCUT2D eigenvalue weighted by Crippen LogP contribution is 2.28. The van der Waals surface area contributed by atoms with Gasteiger partial charge in [-0.2, -0.15) is 0 Å². The predicted molar refractivity (Wildman–Crippen MR) is 127 cm³/mol. The Morgan fingerprint density at radius 2 is 1.91 bits per heavy atom. The quantitative estimate of drug-likeness (QED) is 0.383. The van der Waals surface area contributed by atoms with Gasteiger partial charge in [0, 0.05) is 61.6 Å². The van der Waals surface area contributed by atoms with Crippen molar-refractivity contribution in [1.29, 1.82) is 0 Å². The van der Waals surface area contributed by atoms with Crippen LogP contribution < -0.4 is 10.6 Å². The molecule has 168 valence electrons. The van der Waals surface area contributed by atoms with Gasteiger partial charge in [-0.25, -0.2) is 9.97 Å². The Hall–Kier alpha value is -3.78. The van der Waals surface area contributed by atoms with Crippen LogP contribution in [-0.2, 0) is 4.74 Å². The van der Waals surface area contributed by atoms with E-state index in [4.69, 9.17) is 9.72 Å². The SMILES string of the molecule is COCCCNc1nc(-c2ccncc2)cn2c(-c3ccc(C(=O)NC4CC4)cc3)cnc12. The summed E-state index contributed by atoms with van der Waals surface area (Å²) in [7, 11) is 1.70. The number of nitrogens with zero attached hydrogens (tertiary/aromatic N) is 4. The van der Waals surface area contributed by atoms with Crippen LogP contribution in [0.4, 0.5) is 5.82 Å². The number of carbonyl (C=O) groups excluding carboxylic acids is 1. The summed E-state index contributed by atoms with van der Waals surface area (Å²) < 4.78 is 7.20. The maximum Gasteiger partial charge on any atom is 0.251 e. The lowest BCUT2D eigenvalue weighted by atomic mass is 10.1. The molecule has 1 amide bonds. The summed E-state index contributed by atoms with van der Waals surface area (Å²) in [5.41, 5.74) is 5.10. The molecule has 8 nitrogen and oxygen atoms in total. The van der Waals surface area contributed by atoms with Crippen LogP contribution in [0, 0.1) is 0 Å². The number of rotatable bonds is 9.